The minimum atomic E-state index is -0.356. The first-order valence-electron chi connectivity index (χ1n) is 7.62. The van der Waals surface area contributed by atoms with Gasteiger partial charge >= 0.3 is 0 Å². The lowest BCUT2D eigenvalue weighted by atomic mass is 9.97. The molecule has 1 saturated heterocycles. The fourth-order valence-electron chi connectivity index (χ4n) is 2.74. The summed E-state index contributed by atoms with van der Waals surface area (Å²) in [6, 6.07) is 7.78. The van der Waals surface area contributed by atoms with Gasteiger partial charge in [-0.25, -0.2) is 4.68 Å². The summed E-state index contributed by atoms with van der Waals surface area (Å²) in [6.45, 7) is 2.97. The summed E-state index contributed by atoms with van der Waals surface area (Å²) in [5.41, 5.74) is 7.62. The Labute approximate surface area is 134 Å². The summed E-state index contributed by atoms with van der Waals surface area (Å²) in [7, 11) is 0. The molecule has 1 aliphatic heterocycles. The summed E-state index contributed by atoms with van der Waals surface area (Å²) < 4.78 is 1.57. The minimum Gasteiger partial charge on any atom is -0.369 e. The molecule has 0 radical (unpaired) electrons. The van der Waals surface area contributed by atoms with E-state index in [4.69, 9.17) is 5.73 Å². The first kappa shape index (κ1) is 15.2. The predicted molar refractivity (Wildman–Crippen MR) is 83.9 cm³/mol. The number of aryl methyl sites for hydroxylation is 1. The van der Waals surface area contributed by atoms with Crippen LogP contribution in [0.15, 0.2) is 30.5 Å². The van der Waals surface area contributed by atoms with Gasteiger partial charge in [-0.05, 0) is 31.9 Å². The number of amides is 2. The molecular formula is C16H19N5O2. The van der Waals surface area contributed by atoms with Crippen molar-refractivity contribution in [1.82, 2.24) is 19.9 Å². The van der Waals surface area contributed by atoms with E-state index in [9.17, 15) is 9.59 Å². The van der Waals surface area contributed by atoms with Crippen LogP contribution in [0.3, 0.4) is 0 Å². The van der Waals surface area contributed by atoms with Crippen molar-refractivity contribution in [3.63, 3.8) is 0 Å². The Hall–Kier alpha value is -2.70. The van der Waals surface area contributed by atoms with E-state index in [1.807, 2.05) is 31.2 Å². The van der Waals surface area contributed by atoms with Gasteiger partial charge in [0, 0.05) is 13.1 Å². The number of carbonyl (C=O) groups excluding carboxylic acids is 2. The molecule has 1 fully saturated rings. The number of carbonyl (C=O) groups is 2. The summed E-state index contributed by atoms with van der Waals surface area (Å²) in [5, 5.41) is 7.98. The quantitative estimate of drug-likeness (QED) is 0.911. The smallest absolute Gasteiger partial charge is 0.276 e. The minimum absolute atomic E-state index is 0.214. The number of aromatic nitrogens is 3. The lowest BCUT2D eigenvalue weighted by Gasteiger charge is -2.30. The molecule has 2 heterocycles. The predicted octanol–water partition coefficient (Wildman–Crippen LogP) is 0.913. The van der Waals surface area contributed by atoms with Crippen molar-refractivity contribution in [1.29, 1.82) is 0 Å². The molecule has 0 saturated carbocycles. The van der Waals surface area contributed by atoms with Gasteiger partial charge in [0.2, 0.25) is 5.91 Å². The highest BCUT2D eigenvalue weighted by Crippen LogP contribution is 2.18. The third-order valence-corrected chi connectivity index (χ3v) is 4.12. The fraction of sp³-hybridized carbons (Fsp3) is 0.375. The molecule has 0 spiro atoms. The Bertz CT molecular complexity index is 722. The maximum atomic E-state index is 12.5. The Morgan fingerprint density at radius 2 is 2.00 bits per heavy atom. The normalized spacial score (nSPS) is 18.0. The van der Waals surface area contributed by atoms with Gasteiger partial charge < -0.3 is 10.6 Å². The average Bonchev–Trinajstić information content (AvgIpc) is 3.05. The standard InChI is InChI=1S/C16H19N5O2/c1-11-4-6-13(7-5-11)21-10-14(18-19-21)16(23)20-8-2-3-12(9-20)15(17)22/h4-7,10,12H,2-3,8-9H2,1H3,(H2,17,22)/t12-/m0/s1. The zero-order valence-corrected chi connectivity index (χ0v) is 13.0. The topological polar surface area (TPSA) is 94.1 Å². The van der Waals surface area contributed by atoms with Crippen LogP contribution in [-0.2, 0) is 4.79 Å². The highest BCUT2D eigenvalue weighted by atomic mass is 16.2. The van der Waals surface area contributed by atoms with Crippen LogP contribution in [0.4, 0.5) is 0 Å². The summed E-state index contributed by atoms with van der Waals surface area (Å²) in [5.74, 6) is -0.847. The highest BCUT2D eigenvalue weighted by Gasteiger charge is 2.28. The third kappa shape index (κ3) is 3.23. The van der Waals surface area contributed by atoms with Gasteiger partial charge in [-0.2, -0.15) is 0 Å². The van der Waals surface area contributed by atoms with Gasteiger partial charge in [-0.15, -0.1) is 5.10 Å². The number of hydrogen-bond acceptors (Lipinski definition) is 4. The van der Waals surface area contributed by atoms with Crippen molar-refractivity contribution in [2.45, 2.75) is 19.8 Å². The maximum absolute atomic E-state index is 12.5. The molecule has 0 unspecified atom stereocenters. The zero-order chi connectivity index (χ0) is 16.4. The molecule has 120 valence electrons. The van der Waals surface area contributed by atoms with Crippen molar-refractivity contribution >= 4 is 11.8 Å². The molecule has 3 rings (SSSR count). The summed E-state index contributed by atoms with van der Waals surface area (Å²) >= 11 is 0. The second kappa shape index (κ2) is 6.20. The van der Waals surface area contributed by atoms with Gasteiger partial charge in [0.05, 0.1) is 17.8 Å². The molecule has 2 aromatic rings. The van der Waals surface area contributed by atoms with Crippen LogP contribution in [0.2, 0.25) is 0 Å². The van der Waals surface area contributed by atoms with Gasteiger partial charge in [-0.3, -0.25) is 9.59 Å². The summed E-state index contributed by atoms with van der Waals surface area (Å²) in [4.78, 5) is 25.5. The van der Waals surface area contributed by atoms with E-state index in [0.717, 1.165) is 24.1 Å². The van der Waals surface area contributed by atoms with Crippen molar-refractivity contribution in [3.8, 4) is 5.69 Å². The molecule has 7 nitrogen and oxygen atoms in total. The lowest BCUT2D eigenvalue weighted by Crippen LogP contribution is -2.44. The Kier molecular flexibility index (Phi) is 4.10. The van der Waals surface area contributed by atoms with Crippen molar-refractivity contribution < 1.29 is 9.59 Å². The number of nitrogens with zero attached hydrogens (tertiary/aromatic N) is 4. The number of benzene rings is 1. The molecular weight excluding hydrogens is 294 g/mol. The third-order valence-electron chi connectivity index (χ3n) is 4.12. The van der Waals surface area contributed by atoms with Gasteiger partial charge in [0.15, 0.2) is 5.69 Å². The van der Waals surface area contributed by atoms with Crippen LogP contribution in [0.1, 0.15) is 28.9 Å². The first-order chi connectivity index (χ1) is 11.0. The molecule has 2 N–H and O–H groups in total. The largest absolute Gasteiger partial charge is 0.369 e. The first-order valence-corrected chi connectivity index (χ1v) is 7.62. The van der Waals surface area contributed by atoms with Crippen molar-refractivity contribution in [2.24, 2.45) is 11.7 Å². The molecule has 1 aromatic carbocycles. The highest BCUT2D eigenvalue weighted by molar-refractivity contribution is 5.92. The number of rotatable bonds is 3. The van der Waals surface area contributed by atoms with Crippen LogP contribution in [-0.4, -0.2) is 44.8 Å². The SMILES string of the molecule is Cc1ccc(-n2cc(C(=O)N3CCC[C@H](C(N)=O)C3)nn2)cc1. The average molecular weight is 313 g/mol. The zero-order valence-electron chi connectivity index (χ0n) is 13.0. The molecule has 1 aliphatic rings. The van der Waals surface area contributed by atoms with Gasteiger partial charge in [-0.1, -0.05) is 22.9 Å². The number of piperidine rings is 1. The summed E-state index contributed by atoms with van der Waals surface area (Å²) in [6.07, 6.45) is 3.11. The van der Waals surface area contributed by atoms with Crippen LogP contribution >= 0.6 is 0 Å². The van der Waals surface area contributed by atoms with E-state index >= 15 is 0 Å². The lowest BCUT2D eigenvalue weighted by molar-refractivity contribution is -0.123. The van der Waals surface area contributed by atoms with E-state index in [2.05, 4.69) is 10.3 Å². The van der Waals surface area contributed by atoms with Crippen molar-refractivity contribution in [2.75, 3.05) is 13.1 Å². The molecule has 23 heavy (non-hydrogen) atoms. The van der Waals surface area contributed by atoms with Gasteiger partial charge in [0.25, 0.3) is 5.91 Å². The Morgan fingerprint density at radius 3 is 2.70 bits per heavy atom. The fourth-order valence-corrected chi connectivity index (χ4v) is 2.74. The molecule has 0 bridgehead atoms. The Morgan fingerprint density at radius 1 is 1.26 bits per heavy atom. The number of nitrogens with two attached hydrogens (primary N) is 1. The molecule has 7 heteroatoms. The molecule has 1 aromatic heterocycles. The monoisotopic (exact) mass is 313 g/mol. The van der Waals surface area contributed by atoms with E-state index in [0.29, 0.717) is 13.1 Å². The van der Waals surface area contributed by atoms with E-state index in [1.165, 1.54) is 0 Å². The molecule has 1 atom stereocenters. The van der Waals surface area contributed by atoms with Crippen LogP contribution in [0.25, 0.3) is 5.69 Å². The molecule has 2 amide bonds. The second-order valence-corrected chi connectivity index (χ2v) is 5.88. The van der Waals surface area contributed by atoms with E-state index in [1.54, 1.807) is 15.8 Å². The van der Waals surface area contributed by atoms with Crippen molar-refractivity contribution in [3.05, 3.63) is 41.7 Å². The van der Waals surface area contributed by atoms with Crippen LogP contribution < -0.4 is 5.73 Å². The molecule has 0 aliphatic carbocycles. The van der Waals surface area contributed by atoms with Crippen LogP contribution in [0.5, 0.6) is 0 Å². The van der Waals surface area contributed by atoms with E-state index < -0.39 is 0 Å². The number of likely N-dealkylation sites (tertiary alicyclic amines) is 1. The van der Waals surface area contributed by atoms with Gasteiger partial charge in [0.1, 0.15) is 0 Å². The number of hydrogen-bond donors (Lipinski definition) is 1. The number of primary amides is 1. The second-order valence-electron chi connectivity index (χ2n) is 5.88. The van der Waals surface area contributed by atoms with Crippen LogP contribution in [0, 0.1) is 12.8 Å². The van der Waals surface area contributed by atoms with E-state index in [-0.39, 0.29) is 23.4 Å². The maximum Gasteiger partial charge on any atom is 0.276 e. The Balaban J connectivity index is 1.75.